The Bertz CT molecular complexity index is 2120. The van der Waals surface area contributed by atoms with E-state index in [4.69, 9.17) is 9.97 Å². The number of halogens is 1. The molecule has 6 heterocycles. The second kappa shape index (κ2) is 13.9. The molecule has 2 fully saturated rings. The van der Waals surface area contributed by atoms with Crippen LogP contribution in [-0.4, -0.2) is 96.3 Å². The van der Waals surface area contributed by atoms with Gasteiger partial charge >= 0.3 is 6.09 Å². The molecule has 5 aromatic rings. The topological polar surface area (TPSA) is 176 Å². The molecule has 0 radical (unpaired) electrons. The molecule has 4 aromatic heterocycles. The maximum Gasteiger partial charge on any atom is 0.408 e. The highest BCUT2D eigenvalue weighted by atomic mass is 32.1. The Kier molecular flexibility index (Phi) is 9.23. The number of benzene rings is 1. The number of pyridine rings is 1. The second-order valence-electron chi connectivity index (χ2n) is 12.6. The number of hydrogen-bond acceptors (Lipinski definition) is 11. The number of aliphatic hydroxyl groups excluding tert-OH is 1. The van der Waals surface area contributed by atoms with Crippen molar-refractivity contribution in [3.63, 3.8) is 0 Å². The van der Waals surface area contributed by atoms with Gasteiger partial charge in [0.1, 0.15) is 40.0 Å². The number of amides is 2. The first-order chi connectivity index (χ1) is 24.6. The van der Waals surface area contributed by atoms with E-state index in [0.29, 0.717) is 59.6 Å². The Balaban J connectivity index is 1.06. The molecule has 2 amide bonds. The highest BCUT2D eigenvalue weighted by molar-refractivity contribution is 7.16. The summed E-state index contributed by atoms with van der Waals surface area (Å²) in [7, 11) is 1.89. The molecule has 0 aliphatic carbocycles. The Morgan fingerprint density at radius 2 is 1.78 bits per heavy atom. The quantitative estimate of drug-likeness (QED) is 0.207. The molecule has 2 saturated heterocycles. The molecule has 16 heteroatoms. The lowest BCUT2D eigenvalue weighted by Crippen LogP contribution is -2.51. The van der Waals surface area contributed by atoms with Crippen LogP contribution in [0.25, 0.3) is 28.0 Å². The van der Waals surface area contributed by atoms with E-state index in [9.17, 15) is 29.5 Å². The largest absolute Gasteiger partial charge is 0.465 e. The summed E-state index contributed by atoms with van der Waals surface area (Å²) in [6.07, 6.45) is 5.53. The first kappa shape index (κ1) is 33.8. The number of hydrogen-bond donors (Lipinski definition) is 3. The SMILES string of the molecule is CCc1nc2ccc(-c3cnc(N4CCC(NC(=O)[C@H]5C[C@H](O)CN5C(=O)O)CC4)nc3)cn2c1N(C)c1nc(-c2ccc(F)cc2)c(C#N)s1. The fourth-order valence-corrected chi connectivity index (χ4v) is 7.54. The first-order valence-corrected chi connectivity index (χ1v) is 17.4. The minimum atomic E-state index is -1.21. The van der Waals surface area contributed by atoms with Crippen molar-refractivity contribution < 1.29 is 24.2 Å². The van der Waals surface area contributed by atoms with Crippen molar-refractivity contribution in [2.45, 2.75) is 50.8 Å². The van der Waals surface area contributed by atoms with Crippen LogP contribution in [0.15, 0.2) is 55.0 Å². The zero-order valence-electron chi connectivity index (χ0n) is 27.9. The summed E-state index contributed by atoms with van der Waals surface area (Å²) in [5, 5.41) is 32.7. The average molecular weight is 711 g/mol. The van der Waals surface area contributed by atoms with Crippen LogP contribution in [0.5, 0.6) is 0 Å². The van der Waals surface area contributed by atoms with Crippen LogP contribution in [-0.2, 0) is 11.2 Å². The van der Waals surface area contributed by atoms with Gasteiger partial charge in [-0.2, -0.15) is 5.26 Å². The van der Waals surface area contributed by atoms with Crippen LogP contribution < -0.4 is 15.1 Å². The van der Waals surface area contributed by atoms with Gasteiger partial charge in [-0.25, -0.2) is 29.1 Å². The van der Waals surface area contributed by atoms with Crippen molar-refractivity contribution in [1.82, 2.24) is 34.6 Å². The summed E-state index contributed by atoms with van der Waals surface area (Å²) >= 11 is 1.26. The Morgan fingerprint density at radius 3 is 2.45 bits per heavy atom. The average Bonchev–Trinajstić information content (AvgIpc) is 3.87. The predicted octanol–water partition coefficient (Wildman–Crippen LogP) is 4.45. The normalized spacial score (nSPS) is 17.9. The number of carbonyl (C=O) groups is 2. The summed E-state index contributed by atoms with van der Waals surface area (Å²) in [4.78, 5) is 48.7. The van der Waals surface area contributed by atoms with Crippen LogP contribution in [0, 0.1) is 17.1 Å². The third kappa shape index (κ3) is 6.65. The summed E-state index contributed by atoms with van der Waals surface area (Å²) < 4.78 is 15.6. The number of nitriles is 1. The molecule has 0 saturated carbocycles. The molecule has 7 rings (SSSR count). The highest BCUT2D eigenvalue weighted by Gasteiger charge is 2.40. The van der Waals surface area contributed by atoms with E-state index in [0.717, 1.165) is 33.2 Å². The number of carboxylic acid groups (broad SMARTS) is 1. The van der Waals surface area contributed by atoms with E-state index >= 15 is 0 Å². The van der Waals surface area contributed by atoms with Gasteiger partial charge in [0.05, 0.1) is 18.3 Å². The zero-order chi connectivity index (χ0) is 35.8. The number of fused-ring (bicyclic) bond motifs is 1. The molecule has 0 bridgehead atoms. The monoisotopic (exact) mass is 710 g/mol. The number of aliphatic hydroxyl groups is 1. The number of piperidine rings is 1. The van der Waals surface area contributed by atoms with Crippen LogP contribution >= 0.6 is 11.3 Å². The number of aromatic nitrogens is 5. The molecular weight excluding hydrogens is 676 g/mol. The molecule has 2 aliphatic rings. The third-order valence-corrected chi connectivity index (χ3v) is 10.4. The Morgan fingerprint density at radius 1 is 1.08 bits per heavy atom. The van der Waals surface area contributed by atoms with Gasteiger partial charge in [0.15, 0.2) is 5.13 Å². The van der Waals surface area contributed by atoms with Gasteiger partial charge in [0.2, 0.25) is 11.9 Å². The van der Waals surface area contributed by atoms with E-state index in [2.05, 4.69) is 26.3 Å². The van der Waals surface area contributed by atoms with E-state index in [1.54, 1.807) is 24.5 Å². The van der Waals surface area contributed by atoms with Crippen LogP contribution in [0.3, 0.4) is 0 Å². The molecule has 0 spiro atoms. The maximum atomic E-state index is 13.6. The molecule has 1 aromatic carbocycles. The fourth-order valence-electron chi connectivity index (χ4n) is 6.69. The van der Waals surface area contributed by atoms with Gasteiger partial charge in [0, 0.05) is 67.9 Å². The van der Waals surface area contributed by atoms with E-state index < -0.39 is 18.2 Å². The number of nitrogens with zero attached hydrogens (tertiary/aromatic N) is 9. The molecule has 2 aliphatic heterocycles. The van der Waals surface area contributed by atoms with Crippen LogP contribution in [0.4, 0.5) is 26.1 Å². The number of thiazole rings is 1. The molecule has 0 unspecified atom stereocenters. The molecule has 14 nitrogen and oxygen atoms in total. The van der Waals surface area contributed by atoms with Crippen molar-refractivity contribution >= 4 is 45.9 Å². The van der Waals surface area contributed by atoms with Crippen molar-refractivity contribution in [2.75, 3.05) is 36.5 Å². The lowest BCUT2D eigenvalue weighted by Gasteiger charge is -2.33. The van der Waals surface area contributed by atoms with Crippen molar-refractivity contribution in [1.29, 1.82) is 5.26 Å². The lowest BCUT2D eigenvalue weighted by atomic mass is 10.0. The van der Waals surface area contributed by atoms with Gasteiger partial charge in [-0.15, -0.1) is 0 Å². The van der Waals surface area contributed by atoms with Crippen molar-refractivity contribution in [3.05, 3.63) is 71.4 Å². The molecular formula is C35H35FN10O4S. The van der Waals surface area contributed by atoms with Gasteiger partial charge < -0.3 is 25.3 Å². The number of carbonyl (C=O) groups excluding carboxylic acids is 1. The van der Waals surface area contributed by atoms with Crippen LogP contribution in [0.2, 0.25) is 0 Å². The summed E-state index contributed by atoms with van der Waals surface area (Å²) in [5.41, 5.74) is 4.46. The fraction of sp³-hybridized carbons (Fsp3) is 0.343. The number of aryl methyl sites for hydroxylation is 1. The van der Waals surface area contributed by atoms with Crippen LogP contribution in [0.1, 0.15) is 36.8 Å². The Hall–Kier alpha value is -5.66. The molecule has 3 N–H and O–H groups in total. The van der Waals surface area contributed by atoms with Gasteiger partial charge in [-0.3, -0.25) is 14.1 Å². The minimum absolute atomic E-state index is 0.0646. The van der Waals surface area contributed by atoms with Gasteiger partial charge in [-0.05, 0) is 55.7 Å². The second-order valence-corrected chi connectivity index (χ2v) is 13.6. The van der Waals surface area contributed by atoms with Gasteiger partial charge in [-0.1, -0.05) is 18.3 Å². The molecule has 51 heavy (non-hydrogen) atoms. The predicted molar refractivity (Wildman–Crippen MR) is 188 cm³/mol. The number of likely N-dealkylation sites (tertiary alicyclic amines) is 1. The first-order valence-electron chi connectivity index (χ1n) is 16.6. The lowest BCUT2D eigenvalue weighted by molar-refractivity contribution is -0.125. The van der Waals surface area contributed by atoms with Crippen molar-refractivity contribution in [3.8, 4) is 28.5 Å². The maximum absolute atomic E-state index is 13.6. The van der Waals surface area contributed by atoms with E-state index in [1.807, 2.05) is 41.6 Å². The van der Waals surface area contributed by atoms with Crippen molar-refractivity contribution in [2.24, 2.45) is 0 Å². The number of imidazole rings is 1. The summed E-state index contributed by atoms with van der Waals surface area (Å²) in [6, 6.07) is 11.1. The molecule has 2 atom stereocenters. The minimum Gasteiger partial charge on any atom is -0.465 e. The Labute approximate surface area is 296 Å². The standard InChI is InChI=1S/C35H35FN10O4S/c1-3-26-32(43(2)34-42-30(28(15-37)51-34)20-4-7-23(36)8-5-20)46-18-21(6-9-29(46)41-26)22-16-38-33(39-17-22)44-12-10-24(11-13-44)40-31(48)27-14-25(47)19-45(27)35(49)50/h4-9,16-18,24-25,27,47H,3,10-14,19H2,1-2H3,(H,40,48)(H,49,50)/t25-,27+/m0/s1. The highest BCUT2D eigenvalue weighted by Crippen LogP contribution is 2.37. The van der Waals surface area contributed by atoms with Gasteiger partial charge in [0.25, 0.3) is 0 Å². The number of rotatable bonds is 8. The smallest absolute Gasteiger partial charge is 0.408 e. The number of anilines is 3. The third-order valence-electron chi connectivity index (χ3n) is 9.36. The number of β-amino-alcohol motifs (C(OH)–C–C–N with tert-alkyl or cyclic N) is 1. The van der Waals surface area contributed by atoms with E-state index in [1.165, 1.54) is 23.5 Å². The van der Waals surface area contributed by atoms with E-state index in [-0.39, 0.29) is 30.7 Å². The summed E-state index contributed by atoms with van der Waals surface area (Å²) in [5.74, 6) is 0.648. The molecule has 262 valence electrons. The summed E-state index contributed by atoms with van der Waals surface area (Å²) in [6.45, 7) is 3.20. The number of nitrogens with one attached hydrogen (secondary N) is 1. The zero-order valence-corrected chi connectivity index (χ0v) is 28.7.